The molecule has 0 spiro atoms. The number of nitrogens with zero attached hydrogens (tertiary/aromatic N) is 4. The zero-order valence-electron chi connectivity index (χ0n) is 15.3. The Morgan fingerprint density at radius 3 is 2.89 bits per heavy atom. The number of piperidine rings is 1. The van der Waals surface area contributed by atoms with Crippen molar-refractivity contribution in [2.75, 3.05) is 13.1 Å². The van der Waals surface area contributed by atoms with Gasteiger partial charge in [-0.1, -0.05) is 0 Å². The van der Waals surface area contributed by atoms with Crippen LogP contribution in [0.3, 0.4) is 0 Å². The Kier molecular flexibility index (Phi) is 3.69. The lowest BCUT2D eigenvalue weighted by Crippen LogP contribution is -2.48. The standard InChI is InChI=1S/C20H20N4O2S/c1-11-21-16-3-4-27-20(16)19(22-11)14-6-17-15-5-13(8-23(10-15)12(2)25)9-24(17)18(26)7-14/h3-4,6-7,13,15H,5,8-10H2,1-2H3/t13-,15+/m0/s1. The molecule has 1 amide bonds. The number of aryl methyl sites for hydroxylation is 1. The number of carbonyl (C=O) groups excluding carboxylic acids is 1. The summed E-state index contributed by atoms with van der Waals surface area (Å²) in [6, 6.07) is 5.79. The van der Waals surface area contributed by atoms with Gasteiger partial charge in [0.25, 0.3) is 5.56 Å². The van der Waals surface area contributed by atoms with Crippen molar-refractivity contribution in [2.24, 2.45) is 5.92 Å². The first-order valence-corrected chi connectivity index (χ1v) is 10.1. The zero-order chi connectivity index (χ0) is 18.7. The molecule has 0 N–H and O–H groups in total. The Hall–Kier alpha value is -2.54. The Morgan fingerprint density at radius 1 is 1.22 bits per heavy atom. The summed E-state index contributed by atoms with van der Waals surface area (Å²) in [5.41, 5.74) is 3.65. The highest BCUT2D eigenvalue weighted by Gasteiger charge is 2.35. The van der Waals surface area contributed by atoms with Crippen LogP contribution in [0.25, 0.3) is 21.5 Å². The van der Waals surface area contributed by atoms with E-state index < -0.39 is 0 Å². The van der Waals surface area contributed by atoms with E-state index in [-0.39, 0.29) is 17.4 Å². The highest BCUT2D eigenvalue weighted by molar-refractivity contribution is 7.17. The third-order valence-electron chi connectivity index (χ3n) is 5.69. The monoisotopic (exact) mass is 380 g/mol. The van der Waals surface area contributed by atoms with Gasteiger partial charge in [-0.15, -0.1) is 11.3 Å². The highest BCUT2D eigenvalue weighted by atomic mass is 32.1. The Morgan fingerprint density at radius 2 is 2.07 bits per heavy atom. The number of hydrogen-bond donors (Lipinski definition) is 0. The first-order valence-electron chi connectivity index (χ1n) is 9.22. The number of hydrogen-bond acceptors (Lipinski definition) is 5. The van der Waals surface area contributed by atoms with Crippen LogP contribution in [0.1, 0.15) is 30.8 Å². The number of likely N-dealkylation sites (tertiary alicyclic amines) is 1. The molecule has 5 heterocycles. The molecule has 2 aliphatic rings. The molecule has 27 heavy (non-hydrogen) atoms. The van der Waals surface area contributed by atoms with E-state index in [9.17, 15) is 9.59 Å². The van der Waals surface area contributed by atoms with Gasteiger partial charge in [0.15, 0.2) is 0 Å². The summed E-state index contributed by atoms with van der Waals surface area (Å²) in [6.07, 6.45) is 1.03. The largest absolute Gasteiger partial charge is 0.342 e. The van der Waals surface area contributed by atoms with E-state index in [0.717, 1.165) is 40.1 Å². The minimum Gasteiger partial charge on any atom is -0.342 e. The van der Waals surface area contributed by atoms with Gasteiger partial charge >= 0.3 is 0 Å². The minimum absolute atomic E-state index is 0.0226. The maximum absolute atomic E-state index is 12.9. The Labute approximate surface area is 160 Å². The molecule has 0 radical (unpaired) electrons. The van der Waals surface area contributed by atoms with Crippen LogP contribution < -0.4 is 5.56 Å². The SMILES string of the molecule is CC(=O)N1C[C@@H]2C[C@H](C1)c1cc(-c3nc(C)nc4ccsc34)cc(=O)n1C2. The van der Waals surface area contributed by atoms with Crippen molar-refractivity contribution in [2.45, 2.75) is 32.7 Å². The number of rotatable bonds is 1. The van der Waals surface area contributed by atoms with Crippen molar-refractivity contribution < 1.29 is 4.79 Å². The normalized spacial score (nSPS) is 21.3. The van der Waals surface area contributed by atoms with Crippen LogP contribution in [0.4, 0.5) is 0 Å². The molecule has 2 bridgehead atoms. The summed E-state index contributed by atoms with van der Waals surface area (Å²) >= 11 is 1.60. The second-order valence-electron chi connectivity index (χ2n) is 7.59. The summed E-state index contributed by atoms with van der Waals surface area (Å²) in [5.74, 6) is 1.38. The van der Waals surface area contributed by atoms with Gasteiger partial charge in [-0.2, -0.15) is 0 Å². The quantitative estimate of drug-likeness (QED) is 0.651. The summed E-state index contributed by atoms with van der Waals surface area (Å²) < 4.78 is 2.91. The summed E-state index contributed by atoms with van der Waals surface area (Å²) in [5, 5.41) is 2.00. The van der Waals surface area contributed by atoms with Crippen molar-refractivity contribution >= 4 is 27.5 Å². The lowest BCUT2D eigenvalue weighted by Gasteiger charge is -2.42. The predicted octanol–water partition coefficient (Wildman–Crippen LogP) is 2.79. The van der Waals surface area contributed by atoms with Gasteiger partial charge in [0.1, 0.15) is 5.82 Å². The molecule has 0 unspecified atom stereocenters. The summed E-state index contributed by atoms with van der Waals surface area (Å²) in [7, 11) is 0. The van der Waals surface area contributed by atoms with E-state index in [4.69, 9.17) is 0 Å². The van der Waals surface area contributed by atoms with Crippen molar-refractivity contribution in [3.8, 4) is 11.3 Å². The van der Waals surface area contributed by atoms with E-state index in [1.165, 1.54) is 0 Å². The van der Waals surface area contributed by atoms with Gasteiger partial charge < -0.3 is 9.47 Å². The van der Waals surface area contributed by atoms with Gasteiger partial charge in [-0.3, -0.25) is 9.59 Å². The molecule has 1 saturated heterocycles. The van der Waals surface area contributed by atoms with Gasteiger partial charge in [0.05, 0.1) is 15.9 Å². The fraction of sp³-hybridized carbons (Fsp3) is 0.400. The molecule has 2 aliphatic heterocycles. The highest BCUT2D eigenvalue weighted by Crippen LogP contribution is 2.37. The van der Waals surface area contributed by atoms with Crippen LogP contribution in [0.5, 0.6) is 0 Å². The van der Waals surface area contributed by atoms with Crippen LogP contribution in [-0.4, -0.2) is 38.4 Å². The minimum atomic E-state index is 0.0226. The van der Waals surface area contributed by atoms with E-state index in [2.05, 4.69) is 16.0 Å². The molecule has 7 heteroatoms. The molecule has 0 saturated carbocycles. The number of amides is 1. The first-order chi connectivity index (χ1) is 13.0. The summed E-state index contributed by atoms with van der Waals surface area (Å²) in [6.45, 7) is 5.63. The smallest absolute Gasteiger partial charge is 0.251 e. The summed E-state index contributed by atoms with van der Waals surface area (Å²) in [4.78, 5) is 35.8. The molecule has 2 atom stereocenters. The number of carbonyl (C=O) groups is 1. The van der Waals surface area contributed by atoms with Gasteiger partial charge in [0.2, 0.25) is 5.91 Å². The van der Waals surface area contributed by atoms with Gasteiger partial charge in [0, 0.05) is 49.8 Å². The molecule has 138 valence electrons. The molecule has 0 aliphatic carbocycles. The van der Waals surface area contributed by atoms with Crippen LogP contribution in [-0.2, 0) is 11.3 Å². The van der Waals surface area contributed by atoms with Crippen molar-refractivity contribution in [3.05, 3.63) is 45.5 Å². The molecular formula is C20H20N4O2S. The van der Waals surface area contributed by atoms with E-state index in [1.54, 1.807) is 24.3 Å². The maximum Gasteiger partial charge on any atom is 0.251 e. The number of aromatic nitrogens is 3. The van der Waals surface area contributed by atoms with Crippen LogP contribution in [0.15, 0.2) is 28.4 Å². The van der Waals surface area contributed by atoms with Gasteiger partial charge in [-0.25, -0.2) is 9.97 Å². The molecule has 1 fully saturated rings. The average Bonchev–Trinajstić information content (AvgIpc) is 3.09. The lowest BCUT2D eigenvalue weighted by molar-refractivity contribution is -0.131. The Balaban J connectivity index is 1.66. The Bertz CT molecular complexity index is 1130. The lowest BCUT2D eigenvalue weighted by atomic mass is 9.82. The van der Waals surface area contributed by atoms with Gasteiger partial charge in [-0.05, 0) is 36.8 Å². The van der Waals surface area contributed by atoms with E-state index in [1.807, 2.05) is 27.8 Å². The van der Waals surface area contributed by atoms with E-state index in [0.29, 0.717) is 24.8 Å². The molecule has 5 rings (SSSR count). The second kappa shape index (κ2) is 5.99. The van der Waals surface area contributed by atoms with Crippen LogP contribution >= 0.6 is 11.3 Å². The van der Waals surface area contributed by atoms with Crippen molar-refractivity contribution in [1.82, 2.24) is 19.4 Å². The molecule has 6 nitrogen and oxygen atoms in total. The second-order valence-corrected chi connectivity index (χ2v) is 8.51. The number of thiophene rings is 1. The zero-order valence-corrected chi connectivity index (χ0v) is 16.1. The fourth-order valence-electron chi connectivity index (χ4n) is 4.53. The predicted molar refractivity (Wildman–Crippen MR) is 105 cm³/mol. The van der Waals surface area contributed by atoms with Crippen molar-refractivity contribution in [3.63, 3.8) is 0 Å². The topological polar surface area (TPSA) is 68.1 Å². The molecule has 0 aromatic carbocycles. The first kappa shape index (κ1) is 16.6. The van der Waals surface area contributed by atoms with Crippen molar-refractivity contribution in [1.29, 1.82) is 0 Å². The average molecular weight is 380 g/mol. The molecular weight excluding hydrogens is 360 g/mol. The van der Waals surface area contributed by atoms with E-state index >= 15 is 0 Å². The maximum atomic E-state index is 12.9. The van der Waals surface area contributed by atoms with Crippen LogP contribution in [0.2, 0.25) is 0 Å². The third-order valence-corrected chi connectivity index (χ3v) is 6.60. The molecule has 3 aromatic rings. The van der Waals surface area contributed by atoms with Crippen LogP contribution in [0, 0.1) is 12.8 Å². The number of pyridine rings is 1. The number of fused-ring (bicyclic) bond motifs is 5. The third kappa shape index (κ3) is 2.68. The fourth-order valence-corrected chi connectivity index (χ4v) is 5.37. The molecule has 3 aromatic heterocycles.